The number of aromatic nitrogens is 2. The number of aryl methyl sites for hydroxylation is 1. The molecular weight excluding hydrogens is 406 g/mol. The molecule has 0 fully saturated rings. The Morgan fingerprint density at radius 1 is 1.00 bits per heavy atom. The van der Waals surface area contributed by atoms with E-state index < -0.39 is 17.2 Å². The van der Waals surface area contributed by atoms with E-state index in [4.69, 9.17) is 5.11 Å². The fourth-order valence-corrected chi connectivity index (χ4v) is 3.51. The Labute approximate surface area is 184 Å². The van der Waals surface area contributed by atoms with Crippen LogP contribution >= 0.6 is 0 Å². The predicted octanol–water partition coefficient (Wildman–Crippen LogP) is 3.04. The van der Waals surface area contributed by atoms with Crippen LogP contribution in [-0.2, 0) is 20.0 Å². The van der Waals surface area contributed by atoms with Gasteiger partial charge < -0.3 is 5.11 Å². The summed E-state index contributed by atoms with van der Waals surface area (Å²) in [6, 6.07) is 21.2. The monoisotopic (exact) mass is 426 g/mol. The number of carbonyl (C=O) groups is 1. The van der Waals surface area contributed by atoms with E-state index in [9.17, 15) is 14.4 Å². The van der Waals surface area contributed by atoms with Gasteiger partial charge in [0.2, 0.25) is 0 Å². The maximum Gasteiger partial charge on any atom is 0.335 e. The topological polar surface area (TPSA) is 81.3 Å². The average molecular weight is 426 g/mol. The summed E-state index contributed by atoms with van der Waals surface area (Å²) < 4.78 is 2.59. The molecule has 0 spiro atoms. The maximum absolute atomic E-state index is 13.1. The number of benzene rings is 3. The predicted molar refractivity (Wildman–Crippen MR) is 123 cm³/mol. The number of carboxylic acids is 1. The third kappa shape index (κ3) is 4.23. The zero-order valence-corrected chi connectivity index (χ0v) is 17.4. The molecular formula is C26H20N2O4. The van der Waals surface area contributed by atoms with E-state index in [2.05, 4.69) is 11.8 Å². The Bertz CT molecular complexity index is 1490. The number of fused-ring (bicyclic) bond motifs is 1. The molecule has 0 aliphatic rings. The summed E-state index contributed by atoms with van der Waals surface area (Å²) in [5, 5.41) is 9.44. The normalized spacial score (nSPS) is 10.5. The van der Waals surface area contributed by atoms with E-state index in [0.717, 1.165) is 10.1 Å². The number of hydrogen-bond donors (Lipinski definition) is 1. The van der Waals surface area contributed by atoms with E-state index in [1.54, 1.807) is 37.4 Å². The van der Waals surface area contributed by atoms with Crippen molar-refractivity contribution in [3.63, 3.8) is 0 Å². The van der Waals surface area contributed by atoms with Gasteiger partial charge >= 0.3 is 11.7 Å². The second-order valence-corrected chi connectivity index (χ2v) is 7.43. The lowest BCUT2D eigenvalue weighted by molar-refractivity contribution is 0.0697. The Morgan fingerprint density at radius 2 is 1.72 bits per heavy atom. The third-order valence-electron chi connectivity index (χ3n) is 5.26. The number of nitrogens with zero attached hydrogens (tertiary/aromatic N) is 2. The number of aromatic carboxylic acids is 1. The van der Waals surface area contributed by atoms with Crippen LogP contribution in [0.25, 0.3) is 10.9 Å². The van der Waals surface area contributed by atoms with Crippen molar-refractivity contribution in [3.05, 3.63) is 116 Å². The molecule has 1 N–H and O–H groups in total. The highest BCUT2D eigenvalue weighted by atomic mass is 16.4. The summed E-state index contributed by atoms with van der Waals surface area (Å²) in [7, 11) is 1.62. The largest absolute Gasteiger partial charge is 0.478 e. The minimum absolute atomic E-state index is 0.0469. The Balaban J connectivity index is 1.70. The highest BCUT2D eigenvalue weighted by Gasteiger charge is 2.12. The molecule has 0 radical (unpaired) electrons. The molecule has 32 heavy (non-hydrogen) atoms. The van der Waals surface area contributed by atoms with Crippen LogP contribution in [0.5, 0.6) is 0 Å². The van der Waals surface area contributed by atoms with Crippen LogP contribution in [0.3, 0.4) is 0 Å². The molecule has 0 atom stereocenters. The summed E-state index contributed by atoms with van der Waals surface area (Å²) in [5.41, 5.74) is 2.30. The van der Waals surface area contributed by atoms with E-state index in [0.29, 0.717) is 28.5 Å². The second-order valence-electron chi connectivity index (χ2n) is 7.43. The van der Waals surface area contributed by atoms with Crippen molar-refractivity contribution >= 4 is 16.9 Å². The van der Waals surface area contributed by atoms with E-state index in [1.165, 1.54) is 16.7 Å². The van der Waals surface area contributed by atoms with Gasteiger partial charge in [0, 0.05) is 19.0 Å². The molecule has 0 bridgehead atoms. The lowest BCUT2D eigenvalue weighted by atomic mass is 10.1. The number of rotatable bonds is 4. The summed E-state index contributed by atoms with van der Waals surface area (Å²) in [6.07, 6.45) is 0.600. The van der Waals surface area contributed by atoms with Crippen molar-refractivity contribution in [1.82, 2.24) is 9.13 Å². The van der Waals surface area contributed by atoms with Crippen LogP contribution in [0.1, 0.15) is 27.0 Å². The van der Waals surface area contributed by atoms with Crippen molar-refractivity contribution in [1.29, 1.82) is 0 Å². The first-order valence-corrected chi connectivity index (χ1v) is 10.0. The minimum atomic E-state index is -1.03. The SMILES string of the molecule is Cn1c(=O)n(Cc2ccc(C(=O)O)cc2)c(=O)c2cc(C#C[14CH2]c3ccccc3)ccc21. The van der Waals surface area contributed by atoms with Gasteiger partial charge in [0.25, 0.3) is 5.56 Å². The van der Waals surface area contributed by atoms with Crippen LogP contribution in [-0.4, -0.2) is 20.2 Å². The first-order valence-electron chi connectivity index (χ1n) is 10.0. The van der Waals surface area contributed by atoms with Crippen molar-refractivity contribution < 1.29 is 9.90 Å². The summed E-state index contributed by atoms with van der Waals surface area (Å²) in [5.74, 6) is 5.18. The molecule has 1 heterocycles. The van der Waals surface area contributed by atoms with Crippen molar-refractivity contribution in [2.75, 3.05) is 0 Å². The van der Waals surface area contributed by atoms with Crippen molar-refractivity contribution in [3.8, 4) is 11.8 Å². The molecule has 158 valence electrons. The van der Waals surface area contributed by atoms with E-state index in [1.807, 2.05) is 30.3 Å². The minimum Gasteiger partial charge on any atom is -0.478 e. The summed E-state index contributed by atoms with van der Waals surface area (Å²) >= 11 is 0. The molecule has 3 aromatic carbocycles. The van der Waals surface area contributed by atoms with Gasteiger partial charge in [-0.2, -0.15) is 0 Å². The molecule has 6 heteroatoms. The molecule has 4 rings (SSSR count). The van der Waals surface area contributed by atoms with Gasteiger partial charge in [0.1, 0.15) is 0 Å². The molecule has 4 aromatic rings. The van der Waals surface area contributed by atoms with Crippen LogP contribution in [0.4, 0.5) is 0 Å². The first kappa shape index (κ1) is 20.9. The zero-order chi connectivity index (χ0) is 22.7. The van der Waals surface area contributed by atoms with E-state index >= 15 is 0 Å². The number of carboxylic acid groups (broad SMARTS) is 1. The van der Waals surface area contributed by atoms with Gasteiger partial charge in [0.15, 0.2) is 0 Å². The van der Waals surface area contributed by atoms with Gasteiger partial charge in [-0.05, 0) is 41.5 Å². The first-order chi connectivity index (χ1) is 15.4. The molecule has 6 nitrogen and oxygen atoms in total. The molecule has 1 aromatic heterocycles. The van der Waals surface area contributed by atoms with Gasteiger partial charge in [-0.1, -0.05) is 54.3 Å². The molecule has 0 saturated heterocycles. The molecule has 0 aliphatic heterocycles. The van der Waals surface area contributed by atoms with Crippen molar-refractivity contribution in [2.24, 2.45) is 7.05 Å². The van der Waals surface area contributed by atoms with Crippen LogP contribution in [0.15, 0.2) is 82.4 Å². The quantitative estimate of drug-likeness (QED) is 0.509. The molecule has 0 saturated carbocycles. The lowest BCUT2D eigenvalue weighted by Crippen LogP contribution is -2.39. The maximum atomic E-state index is 13.1. The Hall–Kier alpha value is -4.37. The Morgan fingerprint density at radius 3 is 2.41 bits per heavy atom. The third-order valence-corrected chi connectivity index (χ3v) is 5.26. The molecule has 0 unspecified atom stereocenters. The summed E-state index contributed by atoms with van der Waals surface area (Å²) in [6.45, 7) is 0.0469. The summed E-state index contributed by atoms with van der Waals surface area (Å²) in [4.78, 5) is 37.0. The van der Waals surface area contributed by atoms with E-state index in [-0.39, 0.29) is 12.1 Å². The van der Waals surface area contributed by atoms with Crippen molar-refractivity contribution in [2.45, 2.75) is 13.0 Å². The van der Waals surface area contributed by atoms with Gasteiger partial charge in [-0.3, -0.25) is 13.9 Å². The average Bonchev–Trinajstić information content (AvgIpc) is 2.81. The second kappa shape index (κ2) is 8.78. The molecule has 0 aliphatic carbocycles. The fourth-order valence-electron chi connectivity index (χ4n) is 3.51. The van der Waals surface area contributed by atoms with Gasteiger partial charge in [-0.25, -0.2) is 9.59 Å². The fraction of sp³-hybridized carbons (Fsp3) is 0.115. The standard InChI is InChI=1S/C26H20N2O4/c1-27-23-15-12-19(9-5-8-18-6-3-2-4-7-18)16-22(23)24(29)28(26(27)32)17-20-10-13-21(14-11-20)25(30)31/h2-4,6-7,10-16H,8,17H2,1H3,(H,30,31)/i8+2. The Kier molecular flexibility index (Phi) is 5.73. The highest BCUT2D eigenvalue weighted by Crippen LogP contribution is 2.11. The smallest absolute Gasteiger partial charge is 0.335 e. The highest BCUT2D eigenvalue weighted by molar-refractivity contribution is 5.87. The molecule has 0 amide bonds. The van der Waals surface area contributed by atoms with Crippen LogP contribution in [0.2, 0.25) is 0 Å². The van der Waals surface area contributed by atoms with Crippen LogP contribution < -0.4 is 11.2 Å². The van der Waals surface area contributed by atoms with Crippen LogP contribution in [0, 0.1) is 11.8 Å². The number of hydrogen-bond acceptors (Lipinski definition) is 3. The van der Waals surface area contributed by atoms with Gasteiger partial charge in [0.05, 0.1) is 23.0 Å². The zero-order valence-electron chi connectivity index (χ0n) is 17.4. The lowest BCUT2D eigenvalue weighted by Gasteiger charge is -2.11. The van der Waals surface area contributed by atoms with Gasteiger partial charge in [-0.15, -0.1) is 0 Å².